The first-order chi connectivity index (χ1) is 10.2. The molecular formula is C15H13NO3S2. The number of furan rings is 1. The first-order valence-electron chi connectivity index (χ1n) is 6.36. The number of aliphatic hydroxyl groups is 1. The maximum absolute atomic E-state index is 11.8. The van der Waals surface area contributed by atoms with Crippen molar-refractivity contribution in [1.29, 1.82) is 0 Å². The van der Waals surface area contributed by atoms with Gasteiger partial charge in [-0.1, -0.05) is 6.07 Å². The highest BCUT2D eigenvalue weighted by Gasteiger charge is 2.14. The van der Waals surface area contributed by atoms with Crippen molar-refractivity contribution in [2.24, 2.45) is 0 Å². The van der Waals surface area contributed by atoms with Crippen LogP contribution >= 0.6 is 22.7 Å². The van der Waals surface area contributed by atoms with E-state index >= 15 is 0 Å². The van der Waals surface area contributed by atoms with Gasteiger partial charge in [-0.15, -0.1) is 22.7 Å². The van der Waals surface area contributed by atoms with E-state index < -0.39 is 6.10 Å². The zero-order chi connectivity index (χ0) is 14.7. The molecule has 21 heavy (non-hydrogen) atoms. The van der Waals surface area contributed by atoms with Crippen molar-refractivity contribution in [3.05, 3.63) is 68.4 Å². The van der Waals surface area contributed by atoms with Gasteiger partial charge in [0.1, 0.15) is 6.10 Å². The Kier molecular flexibility index (Phi) is 4.19. The number of amides is 1. The molecule has 3 aromatic heterocycles. The number of carbonyl (C=O) groups is 1. The van der Waals surface area contributed by atoms with Crippen LogP contribution in [-0.2, 0) is 6.54 Å². The summed E-state index contributed by atoms with van der Waals surface area (Å²) in [7, 11) is 0. The van der Waals surface area contributed by atoms with Crippen LogP contribution < -0.4 is 5.32 Å². The van der Waals surface area contributed by atoms with Crippen LogP contribution in [0.25, 0.3) is 0 Å². The lowest BCUT2D eigenvalue weighted by Crippen LogP contribution is -2.21. The molecule has 0 aliphatic heterocycles. The van der Waals surface area contributed by atoms with E-state index in [4.69, 9.17) is 4.42 Å². The van der Waals surface area contributed by atoms with Gasteiger partial charge in [0.2, 0.25) is 0 Å². The molecule has 0 spiro atoms. The van der Waals surface area contributed by atoms with Gasteiger partial charge in [0, 0.05) is 14.6 Å². The lowest BCUT2D eigenvalue weighted by Gasteiger charge is -2.05. The van der Waals surface area contributed by atoms with Crippen LogP contribution in [0.3, 0.4) is 0 Å². The molecule has 1 amide bonds. The first-order valence-corrected chi connectivity index (χ1v) is 8.05. The number of nitrogens with one attached hydrogen (secondary N) is 1. The van der Waals surface area contributed by atoms with E-state index in [0.29, 0.717) is 12.3 Å². The normalized spacial score (nSPS) is 12.2. The maximum Gasteiger partial charge on any atom is 0.287 e. The predicted octanol–water partition coefficient (Wildman–Crippen LogP) is 3.41. The fraction of sp³-hybridized carbons (Fsp3) is 0.133. The standard InChI is InChI=1S/C15H13NO3S2/c17-14(12-4-2-8-20-12)13-6-5-10(21-13)9-16-15(18)11-3-1-7-19-11/h1-8,14,17H,9H2,(H,16,18). The van der Waals surface area contributed by atoms with Crippen LogP contribution in [-0.4, -0.2) is 11.0 Å². The molecule has 1 unspecified atom stereocenters. The fourth-order valence-corrected chi connectivity index (χ4v) is 3.65. The number of rotatable bonds is 5. The molecule has 3 heterocycles. The third-order valence-corrected chi connectivity index (χ3v) is 5.00. The van der Waals surface area contributed by atoms with E-state index in [0.717, 1.165) is 14.6 Å². The molecule has 0 saturated carbocycles. The molecule has 0 aliphatic rings. The van der Waals surface area contributed by atoms with Crippen molar-refractivity contribution in [3.63, 3.8) is 0 Å². The van der Waals surface area contributed by atoms with Crippen LogP contribution in [0.4, 0.5) is 0 Å². The Morgan fingerprint density at radius 2 is 2.14 bits per heavy atom. The summed E-state index contributed by atoms with van der Waals surface area (Å²) in [6.45, 7) is 0.418. The second kappa shape index (κ2) is 6.26. The molecule has 1 atom stereocenters. The summed E-state index contributed by atoms with van der Waals surface area (Å²) in [6.07, 6.45) is 0.875. The molecule has 0 aromatic carbocycles. The minimum atomic E-state index is -0.593. The van der Waals surface area contributed by atoms with Gasteiger partial charge < -0.3 is 14.8 Å². The smallest absolute Gasteiger partial charge is 0.287 e. The summed E-state index contributed by atoms with van der Waals surface area (Å²) in [5.74, 6) is 0.0548. The third-order valence-electron chi connectivity index (χ3n) is 2.93. The Labute approximate surface area is 129 Å². The van der Waals surface area contributed by atoms with Gasteiger partial charge in [-0.2, -0.15) is 0 Å². The number of aliphatic hydroxyl groups excluding tert-OH is 1. The first kappa shape index (κ1) is 14.1. The van der Waals surface area contributed by atoms with Gasteiger partial charge in [0.25, 0.3) is 5.91 Å². The van der Waals surface area contributed by atoms with Gasteiger partial charge in [0.15, 0.2) is 5.76 Å². The van der Waals surface area contributed by atoms with Gasteiger partial charge in [0.05, 0.1) is 12.8 Å². The molecule has 6 heteroatoms. The summed E-state index contributed by atoms with van der Waals surface area (Å²) >= 11 is 3.02. The number of thiophene rings is 2. The van der Waals surface area contributed by atoms with Gasteiger partial charge in [-0.25, -0.2) is 0 Å². The van der Waals surface area contributed by atoms with Gasteiger partial charge >= 0.3 is 0 Å². The van der Waals surface area contributed by atoms with Crippen molar-refractivity contribution in [1.82, 2.24) is 5.32 Å². The Balaban J connectivity index is 1.62. The summed E-state index contributed by atoms with van der Waals surface area (Å²) in [5, 5.41) is 15.0. The molecule has 0 radical (unpaired) electrons. The lowest BCUT2D eigenvalue weighted by molar-refractivity contribution is 0.0923. The highest BCUT2D eigenvalue weighted by atomic mass is 32.1. The average Bonchev–Trinajstić information content (AvgIpc) is 3.26. The zero-order valence-corrected chi connectivity index (χ0v) is 12.6. The largest absolute Gasteiger partial charge is 0.459 e. The van der Waals surface area contributed by atoms with Crippen LogP contribution in [0.5, 0.6) is 0 Å². The quantitative estimate of drug-likeness (QED) is 0.757. The maximum atomic E-state index is 11.8. The number of carbonyl (C=O) groups excluding carboxylic acids is 1. The topological polar surface area (TPSA) is 62.5 Å². The van der Waals surface area contributed by atoms with E-state index in [2.05, 4.69) is 5.32 Å². The van der Waals surface area contributed by atoms with Crippen molar-refractivity contribution >= 4 is 28.6 Å². The highest BCUT2D eigenvalue weighted by Crippen LogP contribution is 2.30. The molecule has 2 N–H and O–H groups in total. The van der Waals surface area contributed by atoms with Gasteiger partial charge in [-0.05, 0) is 35.7 Å². The SMILES string of the molecule is O=C(NCc1ccc(C(O)c2cccs2)s1)c1ccco1. The van der Waals surface area contributed by atoms with Crippen molar-refractivity contribution in [2.45, 2.75) is 12.6 Å². The molecule has 3 rings (SSSR count). The minimum absolute atomic E-state index is 0.242. The molecule has 108 valence electrons. The van der Waals surface area contributed by atoms with E-state index in [1.54, 1.807) is 12.1 Å². The third kappa shape index (κ3) is 3.24. The summed E-state index contributed by atoms with van der Waals surface area (Å²) in [6, 6.07) is 10.9. The van der Waals surface area contributed by atoms with Crippen molar-refractivity contribution < 1.29 is 14.3 Å². The summed E-state index contributed by atoms with van der Waals surface area (Å²) in [4.78, 5) is 14.5. The van der Waals surface area contributed by atoms with Crippen LogP contribution in [0.15, 0.2) is 52.5 Å². The van der Waals surface area contributed by atoms with E-state index in [1.165, 1.54) is 28.9 Å². The molecule has 0 bridgehead atoms. The number of hydrogen-bond acceptors (Lipinski definition) is 5. The zero-order valence-electron chi connectivity index (χ0n) is 11.0. The lowest BCUT2D eigenvalue weighted by atomic mass is 10.2. The van der Waals surface area contributed by atoms with Gasteiger partial charge in [-0.3, -0.25) is 4.79 Å². The van der Waals surface area contributed by atoms with Crippen molar-refractivity contribution in [3.8, 4) is 0 Å². The van der Waals surface area contributed by atoms with Crippen LogP contribution in [0, 0.1) is 0 Å². The number of hydrogen-bond donors (Lipinski definition) is 2. The molecule has 0 aliphatic carbocycles. The Hall–Kier alpha value is -1.89. The Morgan fingerprint density at radius 1 is 1.24 bits per heavy atom. The summed E-state index contributed by atoms with van der Waals surface area (Å²) < 4.78 is 5.03. The molecule has 0 fully saturated rings. The van der Waals surface area contributed by atoms with Crippen LogP contribution in [0.2, 0.25) is 0 Å². The van der Waals surface area contributed by atoms with E-state index in [1.807, 2.05) is 29.6 Å². The Morgan fingerprint density at radius 3 is 2.86 bits per heavy atom. The predicted molar refractivity (Wildman–Crippen MR) is 82.6 cm³/mol. The van der Waals surface area contributed by atoms with E-state index in [-0.39, 0.29) is 5.91 Å². The van der Waals surface area contributed by atoms with E-state index in [9.17, 15) is 9.90 Å². The second-order valence-electron chi connectivity index (χ2n) is 4.38. The molecular weight excluding hydrogens is 306 g/mol. The second-order valence-corrected chi connectivity index (χ2v) is 6.56. The monoisotopic (exact) mass is 319 g/mol. The van der Waals surface area contributed by atoms with Crippen molar-refractivity contribution in [2.75, 3.05) is 0 Å². The molecule has 3 aromatic rings. The molecule has 0 saturated heterocycles. The average molecular weight is 319 g/mol. The molecule has 4 nitrogen and oxygen atoms in total. The Bertz CT molecular complexity index is 701. The highest BCUT2D eigenvalue weighted by molar-refractivity contribution is 7.12. The van der Waals surface area contributed by atoms with Crippen LogP contribution in [0.1, 0.15) is 31.3 Å². The fourth-order valence-electron chi connectivity index (χ4n) is 1.89. The minimum Gasteiger partial charge on any atom is -0.459 e. The summed E-state index contributed by atoms with van der Waals surface area (Å²) in [5.41, 5.74) is 0.